The first-order chi connectivity index (χ1) is 13.7. The fraction of sp³-hybridized carbons (Fsp3) is 0.333. The fourth-order valence-electron chi connectivity index (χ4n) is 5.01. The number of rotatable bonds is 4. The molecule has 1 saturated heterocycles. The third-order valence-electron chi connectivity index (χ3n) is 6.41. The maximum atomic E-state index is 13.5. The third kappa shape index (κ3) is 2.55. The molecular weight excluding hydrogens is 348 g/mol. The molecule has 142 valence electrons. The van der Waals surface area contributed by atoms with Crippen molar-refractivity contribution >= 4 is 33.4 Å². The Labute approximate surface area is 164 Å². The minimum Gasteiger partial charge on any atom is -0.301 e. The number of imide groups is 1. The molecule has 0 aliphatic carbocycles. The van der Waals surface area contributed by atoms with Crippen molar-refractivity contribution in [3.63, 3.8) is 0 Å². The second-order valence-electron chi connectivity index (χ2n) is 7.85. The Morgan fingerprint density at radius 2 is 1.82 bits per heavy atom. The van der Waals surface area contributed by atoms with Crippen LogP contribution in [0.3, 0.4) is 0 Å². The number of fused-ring (bicyclic) bond motifs is 2. The van der Waals surface area contributed by atoms with Gasteiger partial charge in [0, 0.05) is 23.5 Å². The number of nitrogens with zero attached hydrogens (tertiary/aromatic N) is 2. The van der Waals surface area contributed by atoms with E-state index in [2.05, 4.69) is 17.9 Å². The average molecular weight is 372 g/mol. The van der Waals surface area contributed by atoms with Gasteiger partial charge in [0.15, 0.2) is 0 Å². The Bertz CT molecular complexity index is 1100. The van der Waals surface area contributed by atoms with Gasteiger partial charge in [-0.15, -0.1) is 0 Å². The topological polar surface area (TPSA) is 40.6 Å². The molecule has 2 amide bonds. The van der Waals surface area contributed by atoms with Gasteiger partial charge in [-0.1, -0.05) is 43.3 Å². The Hall–Kier alpha value is -2.72. The highest BCUT2D eigenvalue weighted by Crippen LogP contribution is 2.36. The first-order valence-corrected chi connectivity index (χ1v) is 10.2. The lowest BCUT2D eigenvalue weighted by atomic mass is 9.89. The zero-order valence-corrected chi connectivity index (χ0v) is 16.1. The van der Waals surface area contributed by atoms with E-state index >= 15 is 0 Å². The molecule has 3 aromatic rings. The van der Waals surface area contributed by atoms with Gasteiger partial charge in [0.1, 0.15) is 0 Å². The van der Waals surface area contributed by atoms with Gasteiger partial charge in [-0.25, -0.2) is 0 Å². The number of hydrogen-bond donors (Lipinski definition) is 0. The maximum absolute atomic E-state index is 13.5. The summed E-state index contributed by atoms with van der Waals surface area (Å²) >= 11 is 0. The summed E-state index contributed by atoms with van der Waals surface area (Å²) in [7, 11) is 0. The molecule has 2 aliphatic rings. The van der Waals surface area contributed by atoms with Gasteiger partial charge in [0.2, 0.25) is 0 Å². The van der Waals surface area contributed by atoms with Crippen LogP contribution in [-0.2, 0) is 0 Å². The summed E-state index contributed by atoms with van der Waals surface area (Å²) in [5.74, 6) is -0.300. The molecule has 28 heavy (non-hydrogen) atoms. The second kappa shape index (κ2) is 6.71. The number of amides is 2. The molecular formula is C24H24N2O2. The van der Waals surface area contributed by atoms with Crippen LogP contribution in [0.15, 0.2) is 48.5 Å². The van der Waals surface area contributed by atoms with Crippen molar-refractivity contribution in [1.82, 2.24) is 9.80 Å². The van der Waals surface area contributed by atoms with Gasteiger partial charge in [0.05, 0.1) is 5.56 Å². The number of hydrogen-bond acceptors (Lipinski definition) is 3. The lowest BCUT2D eigenvalue weighted by molar-refractivity contribution is 0.0598. The molecule has 1 unspecified atom stereocenters. The van der Waals surface area contributed by atoms with Crippen LogP contribution < -0.4 is 0 Å². The lowest BCUT2D eigenvalue weighted by Gasteiger charge is -2.30. The minimum atomic E-state index is -0.153. The molecule has 0 aromatic heterocycles. The van der Waals surface area contributed by atoms with E-state index in [9.17, 15) is 9.59 Å². The normalized spacial score (nSPS) is 19.9. The van der Waals surface area contributed by atoms with Crippen LogP contribution in [0.25, 0.3) is 21.5 Å². The quantitative estimate of drug-likeness (QED) is 0.501. The first kappa shape index (κ1) is 17.4. The zero-order valence-electron chi connectivity index (χ0n) is 16.1. The summed E-state index contributed by atoms with van der Waals surface area (Å²) in [6.45, 7) is 4.81. The molecule has 2 aliphatic heterocycles. The van der Waals surface area contributed by atoms with Gasteiger partial charge in [0.25, 0.3) is 11.8 Å². The molecule has 3 aromatic carbocycles. The van der Waals surface area contributed by atoms with E-state index in [1.165, 1.54) is 11.3 Å². The van der Waals surface area contributed by atoms with Crippen LogP contribution in [0, 0.1) is 0 Å². The standard InChI is InChI=1S/C24H24N2O2/c1-2-25-13-6-9-18(25)12-14-26-23(27)20-11-5-8-17-15-16-7-3-4-10-19(16)22(21(17)20)24(26)28/h3-5,7-8,10-11,15,18H,2,6,9,12-14H2,1H3. The third-order valence-corrected chi connectivity index (χ3v) is 6.41. The summed E-state index contributed by atoms with van der Waals surface area (Å²) in [6, 6.07) is 16.3. The summed E-state index contributed by atoms with van der Waals surface area (Å²) in [5.41, 5.74) is 1.33. The van der Waals surface area contributed by atoms with Crippen molar-refractivity contribution < 1.29 is 9.59 Å². The van der Waals surface area contributed by atoms with Crippen LogP contribution >= 0.6 is 0 Å². The molecule has 0 N–H and O–H groups in total. The molecule has 0 spiro atoms. The van der Waals surface area contributed by atoms with E-state index in [0.717, 1.165) is 47.5 Å². The van der Waals surface area contributed by atoms with E-state index in [1.807, 2.05) is 42.5 Å². The summed E-state index contributed by atoms with van der Waals surface area (Å²) in [6.07, 6.45) is 3.20. The highest BCUT2D eigenvalue weighted by molar-refractivity contribution is 6.30. The Kier molecular flexibility index (Phi) is 4.17. The van der Waals surface area contributed by atoms with Gasteiger partial charge >= 0.3 is 0 Å². The fourth-order valence-corrected chi connectivity index (χ4v) is 5.01. The summed E-state index contributed by atoms with van der Waals surface area (Å²) in [5, 5.41) is 3.74. The predicted molar refractivity (Wildman–Crippen MR) is 112 cm³/mol. The molecule has 1 fully saturated rings. The highest BCUT2D eigenvalue weighted by Gasteiger charge is 2.35. The molecule has 0 bridgehead atoms. The molecule has 0 saturated carbocycles. The molecule has 0 radical (unpaired) electrons. The van der Waals surface area contributed by atoms with E-state index in [1.54, 1.807) is 0 Å². The van der Waals surface area contributed by atoms with Gasteiger partial charge < -0.3 is 4.90 Å². The Morgan fingerprint density at radius 1 is 1.00 bits per heavy atom. The minimum absolute atomic E-state index is 0.147. The number of likely N-dealkylation sites (tertiary alicyclic amines) is 1. The number of carbonyl (C=O) groups is 2. The monoisotopic (exact) mass is 372 g/mol. The van der Waals surface area contributed by atoms with Crippen molar-refractivity contribution in [1.29, 1.82) is 0 Å². The van der Waals surface area contributed by atoms with Crippen LogP contribution in [0.5, 0.6) is 0 Å². The van der Waals surface area contributed by atoms with Crippen LogP contribution in [-0.4, -0.2) is 47.3 Å². The van der Waals surface area contributed by atoms with Gasteiger partial charge in [-0.05, 0) is 60.6 Å². The second-order valence-corrected chi connectivity index (χ2v) is 7.85. The van der Waals surface area contributed by atoms with Crippen molar-refractivity contribution in [2.45, 2.75) is 32.2 Å². The van der Waals surface area contributed by atoms with Gasteiger partial charge in [-0.2, -0.15) is 0 Å². The predicted octanol–water partition coefficient (Wildman–Crippen LogP) is 4.46. The van der Waals surface area contributed by atoms with Crippen molar-refractivity contribution in [2.24, 2.45) is 0 Å². The Morgan fingerprint density at radius 3 is 2.68 bits per heavy atom. The summed E-state index contributed by atoms with van der Waals surface area (Å²) < 4.78 is 0. The van der Waals surface area contributed by atoms with Gasteiger partial charge in [-0.3, -0.25) is 14.5 Å². The van der Waals surface area contributed by atoms with E-state index in [4.69, 9.17) is 0 Å². The molecule has 5 rings (SSSR count). The number of carbonyl (C=O) groups excluding carboxylic acids is 2. The van der Waals surface area contributed by atoms with Crippen molar-refractivity contribution in [3.05, 3.63) is 59.7 Å². The first-order valence-electron chi connectivity index (χ1n) is 10.2. The molecule has 1 atom stereocenters. The Balaban J connectivity index is 1.58. The van der Waals surface area contributed by atoms with Crippen molar-refractivity contribution in [3.8, 4) is 0 Å². The largest absolute Gasteiger partial charge is 0.301 e. The maximum Gasteiger partial charge on any atom is 0.262 e. The summed E-state index contributed by atoms with van der Waals surface area (Å²) in [4.78, 5) is 30.6. The smallest absolute Gasteiger partial charge is 0.262 e. The van der Waals surface area contributed by atoms with E-state index < -0.39 is 0 Å². The van der Waals surface area contributed by atoms with Crippen LogP contribution in [0.2, 0.25) is 0 Å². The van der Waals surface area contributed by atoms with Crippen LogP contribution in [0.4, 0.5) is 0 Å². The molecule has 2 heterocycles. The van der Waals surface area contributed by atoms with Crippen molar-refractivity contribution in [2.75, 3.05) is 19.6 Å². The van der Waals surface area contributed by atoms with E-state index in [0.29, 0.717) is 23.7 Å². The SMILES string of the molecule is CCN1CCCC1CCN1C(=O)c2cccc3cc4ccccc4c(c23)C1=O. The lowest BCUT2D eigenvalue weighted by Crippen LogP contribution is -2.43. The highest BCUT2D eigenvalue weighted by atomic mass is 16.2. The van der Waals surface area contributed by atoms with E-state index in [-0.39, 0.29) is 11.8 Å². The average Bonchev–Trinajstić information content (AvgIpc) is 3.18. The number of benzene rings is 3. The molecule has 4 nitrogen and oxygen atoms in total. The zero-order chi connectivity index (χ0) is 19.3. The van der Waals surface area contributed by atoms with Crippen LogP contribution in [0.1, 0.15) is 46.9 Å². The molecule has 4 heteroatoms.